The van der Waals surface area contributed by atoms with Crippen LogP contribution in [0.25, 0.3) is 5.82 Å². The Kier molecular flexibility index (Phi) is 5.46. The molecule has 1 fully saturated rings. The van der Waals surface area contributed by atoms with Crippen LogP contribution in [-0.2, 0) is 6.54 Å². The van der Waals surface area contributed by atoms with Gasteiger partial charge in [0.25, 0.3) is 0 Å². The van der Waals surface area contributed by atoms with Crippen molar-refractivity contribution in [2.24, 2.45) is 10.7 Å². The van der Waals surface area contributed by atoms with Gasteiger partial charge in [-0.1, -0.05) is 31.7 Å². The largest absolute Gasteiger partial charge is 0.370 e. The van der Waals surface area contributed by atoms with Crippen LogP contribution in [0.15, 0.2) is 35.7 Å². The molecular weight excluding hydrogens is 300 g/mol. The van der Waals surface area contributed by atoms with Crippen LogP contribution >= 0.6 is 0 Å². The number of aryl methyl sites for hydroxylation is 1. The third-order valence-electron chi connectivity index (χ3n) is 4.55. The summed E-state index contributed by atoms with van der Waals surface area (Å²) in [5.74, 6) is 2.29. The molecule has 2 aromatic heterocycles. The van der Waals surface area contributed by atoms with Crippen LogP contribution in [0.3, 0.4) is 0 Å². The van der Waals surface area contributed by atoms with Crippen LogP contribution < -0.4 is 11.1 Å². The normalized spacial score (nSPS) is 16.8. The summed E-state index contributed by atoms with van der Waals surface area (Å²) in [5.41, 5.74) is 7.13. The van der Waals surface area contributed by atoms with Gasteiger partial charge in [0.15, 0.2) is 5.96 Å². The van der Waals surface area contributed by atoms with Gasteiger partial charge in [-0.15, -0.1) is 0 Å². The summed E-state index contributed by atoms with van der Waals surface area (Å²) in [4.78, 5) is 13.3. The van der Waals surface area contributed by atoms with Crippen molar-refractivity contribution in [1.29, 1.82) is 0 Å². The third-order valence-corrected chi connectivity index (χ3v) is 4.55. The third kappa shape index (κ3) is 4.13. The highest BCUT2D eigenvalue weighted by atomic mass is 15.1. The van der Waals surface area contributed by atoms with Crippen molar-refractivity contribution < 1.29 is 0 Å². The van der Waals surface area contributed by atoms with Gasteiger partial charge < -0.3 is 11.1 Å². The van der Waals surface area contributed by atoms with Crippen molar-refractivity contribution in [3.05, 3.63) is 42.1 Å². The fraction of sp³-hybridized carbons (Fsp3) is 0.500. The summed E-state index contributed by atoms with van der Waals surface area (Å²) in [7, 11) is 0. The second-order valence-electron chi connectivity index (χ2n) is 6.36. The van der Waals surface area contributed by atoms with E-state index in [0.29, 0.717) is 18.5 Å². The maximum absolute atomic E-state index is 6.10. The average molecular weight is 326 g/mol. The highest BCUT2D eigenvalue weighted by Crippen LogP contribution is 2.17. The molecule has 0 radical (unpaired) electrons. The van der Waals surface area contributed by atoms with Crippen LogP contribution in [0.2, 0.25) is 0 Å². The first-order chi connectivity index (χ1) is 11.7. The Labute approximate surface area is 143 Å². The first kappa shape index (κ1) is 16.5. The molecule has 6 nitrogen and oxygen atoms in total. The number of hydrogen-bond acceptors (Lipinski definition) is 3. The van der Waals surface area contributed by atoms with Crippen molar-refractivity contribution in [2.45, 2.75) is 58.0 Å². The van der Waals surface area contributed by atoms with Crippen molar-refractivity contribution in [3.63, 3.8) is 0 Å². The van der Waals surface area contributed by atoms with E-state index in [4.69, 9.17) is 5.73 Å². The van der Waals surface area contributed by atoms with Crippen molar-refractivity contribution in [1.82, 2.24) is 19.9 Å². The van der Waals surface area contributed by atoms with Gasteiger partial charge in [0.05, 0.1) is 6.54 Å². The van der Waals surface area contributed by atoms with Gasteiger partial charge in [-0.3, -0.25) is 4.57 Å². The van der Waals surface area contributed by atoms with E-state index in [-0.39, 0.29) is 0 Å². The Morgan fingerprint density at radius 1 is 1.25 bits per heavy atom. The first-order valence-electron chi connectivity index (χ1n) is 8.74. The molecule has 0 aliphatic heterocycles. The lowest BCUT2D eigenvalue weighted by molar-refractivity contribution is 0.530. The minimum Gasteiger partial charge on any atom is -0.370 e. The molecule has 6 heteroatoms. The van der Waals surface area contributed by atoms with Gasteiger partial charge in [-0.25, -0.2) is 15.0 Å². The highest BCUT2D eigenvalue weighted by molar-refractivity contribution is 5.78. The Hall–Kier alpha value is -2.37. The Bertz CT molecular complexity index is 682. The molecule has 2 heterocycles. The zero-order chi connectivity index (χ0) is 16.8. The van der Waals surface area contributed by atoms with E-state index in [0.717, 1.165) is 17.2 Å². The summed E-state index contributed by atoms with van der Waals surface area (Å²) >= 11 is 0. The number of nitrogens with zero attached hydrogens (tertiary/aromatic N) is 4. The van der Waals surface area contributed by atoms with Gasteiger partial charge in [0, 0.05) is 30.2 Å². The molecule has 24 heavy (non-hydrogen) atoms. The van der Waals surface area contributed by atoms with E-state index in [1.165, 1.54) is 38.5 Å². The second-order valence-corrected chi connectivity index (χ2v) is 6.36. The number of rotatable bonds is 4. The zero-order valence-corrected chi connectivity index (χ0v) is 14.3. The lowest BCUT2D eigenvalue weighted by Crippen LogP contribution is -2.39. The SMILES string of the molecule is Cc1nccn1-c1ncccc1CN=C(N)NC1CCCCCC1. The standard InChI is InChI=1S/C18H26N6/c1-14-20-11-12-24(14)17-15(7-6-10-21-17)13-22-18(19)23-16-8-4-2-3-5-9-16/h6-7,10-12,16H,2-5,8-9,13H2,1H3,(H3,19,22,23). The molecule has 0 unspecified atom stereocenters. The maximum Gasteiger partial charge on any atom is 0.189 e. The molecule has 3 N–H and O–H groups in total. The quantitative estimate of drug-likeness (QED) is 0.514. The number of nitrogens with one attached hydrogen (secondary N) is 1. The van der Waals surface area contributed by atoms with Gasteiger partial charge >= 0.3 is 0 Å². The molecule has 0 atom stereocenters. The number of imidazole rings is 1. The second kappa shape index (κ2) is 7.95. The number of nitrogens with two attached hydrogens (primary N) is 1. The van der Waals surface area contributed by atoms with Gasteiger partial charge in [-0.05, 0) is 25.8 Å². The molecule has 0 aromatic carbocycles. The van der Waals surface area contributed by atoms with E-state index >= 15 is 0 Å². The van der Waals surface area contributed by atoms with E-state index in [1.807, 2.05) is 29.8 Å². The van der Waals surface area contributed by atoms with Crippen LogP contribution in [0, 0.1) is 6.92 Å². The van der Waals surface area contributed by atoms with Crippen molar-refractivity contribution >= 4 is 5.96 Å². The summed E-state index contributed by atoms with van der Waals surface area (Å²) in [6.45, 7) is 2.47. The van der Waals surface area contributed by atoms with E-state index < -0.39 is 0 Å². The van der Waals surface area contributed by atoms with Crippen molar-refractivity contribution in [3.8, 4) is 5.82 Å². The van der Waals surface area contributed by atoms with E-state index in [9.17, 15) is 0 Å². The molecule has 1 aliphatic carbocycles. The van der Waals surface area contributed by atoms with Gasteiger partial charge in [-0.2, -0.15) is 0 Å². The minimum absolute atomic E-state index is 0.459. The fourth-order valence-electron chi connectivity index (χ4n) is 3.22. The molecule has 1 aliphatic rings. The van der Waals surface area contributed by atoms with Gasteiger partial charge in [0.1, 0.15) is 11.6 Å². The summed E-state index contributed by atoms with van der Waals surface area (Å²) in [5, 5.41) is 3.38. The molecule has 1 saturated carbocycles. The number of aromatic nitrogens is 3. The van der Waals surface area contributed by atoms with Gasteiger partial charge in [0.2, 0.25) is 0 Å². The zero-order valence-electron chi connectivity index (χ0n) is 14.3. The topological polar surface area (TPSA) is 81.1 Å². The van der Waals surface area contributed by atoms with Crippen molar-refractivity contribution in [2.75, 3.05) is 0 Å². The Morgan fingerprint density at radius 3 is 2.75 bits per heavy atom. The lowest BCUT2D eigenvalue weighted by Gasteiger charge is -2.17. The van der Waals surface area contributed by atoms with E-state index in [1.54, 1.807) is 12.4 Å². The maximum atomic E-state index is 6.10. The fourth-order valence-corrected chi connectivity index (χ4v) is 3.22. The number of pyridine rings is 1. The van der Waals surface area contributed by atoms with Crippen LogP contribution in [0.5, 0.6) is 0 Å². The van der Waals surface area contributed by atoms with Crippen LogP contribution in [0.1, 0.15) is 49.9 Å². The molecule has 3 rings (SSSR count). The smallest absolute Gasteiger partial charge is 0.189 e. The molecule has 0 amide bonds. The first-order valence-corrected chi connectivity index (χ1v) is 8.74. The average Bonchev–Trinajstić information content (AvgIpc) is 2.85. The lowest BCUT2D eigenvalue weighted by atomic mass is 10.1. The number of guanidine groups is 1. The van der Waals surface area contributed by atoms with E-state index in [2.05, 4.69) is 20.3 Å². The molecule has 0 bridgehead atoms. The number of aliphatic imine (C=N–C) groups is 1. The summed E-state index contributed by atoms with van der Waals surface area (Å²) in [6, 6.07) is 4.42. The van der Waals surface area contributed by atoms with Crippen LogP contribution in [0.4, 0.5) is 0 Å². The summed E-state index contributed by atoms with van der Waals surface area (Å²) < 4.78 is 1.97. The molecular formula is C18H26N6. The number of hydrogen-bond donors (Lipinski definition) is 2. The Morgan fingerprint density at radius 2 is 2.04 bits per heavy atom. The molecule has 0 spiro atoms. The van der Waals surface area contributed by atoms with Crippen LogP contribution in [-0.4, -0.2) is 26.5 Å². The highest BCUT2D eigenvalue weighted by Gasteiger charge is 2.13. The predicted molar refractivity (Wildman–Crippen MR) is 96.0 cm³/mol. The predicted octanol–water partition coefficient (Wildman–Crippen LogP) is 2.70. The summed E-state index contributed by atoms with van der Waals surface area (Å²) in [6.07, 6.45) is 13.1. The monoisotopic (exact) mass is 326 g/mol. The molecule has 128 valence electrons. The molecule has 2 aromatic rings. The minimum atomic E-state index is 0.459. The molecule has 0 saturated heterocycles. The Balaban J connectivity index is 1.68.